The van der Waals surface area contributed by atoms with Gasteiger partial charge in [0.25, 0.3) is 0 Å². The minimum absolute atomic E-state index is 0. The van der Waals surface area contributed by atoms with Crippen LogP contribution in [0.4, 0.5) is 5.82 Å². The quantitative estimate of drug-likeness (QED) is 0.306. The van der Waals surface area contributed by atoms with Crippen LogP contribution in [0.3, 0.4) is 0 Å². The van der Waals surface area contributed by atoms with Crippen LogP contribution < -0.4 is 4.90 Å². The Morgan fingerprint density at radius 1 is 1.00 bits per heavy atom. The summed E-state index contributed by atoms with van der Waals surface area (Å²) < 4.78 is 0. The van der Waals surface area contributed by atoms with Gasteiger partial charge in [-0.25, -0.2) is 14.8 Å². The van der Waals surface area contributed by atoms with Crippen molar-refractivity contribution < 1.29 is 9.90 Å². The van der Waals surface area contributed by atoms with E-state index in [1.165, 1.54) is 10.4 Å². The lowest BCUT2D eigenvalue weighted by atomic mass is 10.0. The second-order valence-corrected chi connectivity index (χ2v) is 8.95. The summed E-state index contributed by atoms with van der Waals surface area (Å²) in [4.78, 5) is 24.3. The Morgan fingerprint density at radius 3 is 2.42 bits per heavy atom. The molecule has 0 aliphatic heterocycles. The summed E-state index contributed by atoms with van der Waals surface area (Å²) in [7, 11) is 0. The summed E-state index contributed by atoms with van der Waals surface area (Å²) in [6.07, 6.45) is 1.76. The molecule has 170 valence electrons. The highest BCUT2D eigenvalue weighted by Crippen LogP contribution is 2.25. The summed E-state index contributed by atoms with van der Waals surface area (Å²) in [6.45, 7) is 5.41. The minimum Gasteiger partial charge on any atom is -0.478 e. The maximum atomic E-state index is 11.7. The number of benzene rings is 2. The first-order valence-corrected chi connectivity index (χ1v) is 11.4. The molecule has 7 heteroatoms. The van der Waals surface area contributed by atoms with Crippen molar-refractivity contribution in [3.8, 4) is 11.4 Å². The molecule has 0 aliphatic carbocycles. The molecular formula is C26H26ClN3O2S. The summed E-state index contributed by atoms with van der Waals surface area (Å²) in [6, 6.07) is 21.4. The maximum Gasteiger partial charge on any atom is 0.336 e. The Hall–Kier alpha value is -3.22. The van der Waals surface area contributed by atoms with Crippen LogP contribution in [0.25, 0.3) is 11.4 Å². The Morgan fingerprint density at radius 2 is 1.76 bits per heavy atom. The number of aromatic carboxylic acids is 1. The van der Waals surface area contributed by atoms with E-state index in [0.717, 1.165) is 16.9 Å². The van der Waals surface area contributed by atoms with Gasteiger partial charge in [0.1, 0.15) is 5.82 Å². The van der Waals surface area contributed by atoms with Gasteiger partial charge in [-0.2, -0.15) is 0 Å². The first kappa shape index (κ1) is 24.4. The van der Waals surface area contributed by atoms with Gasteiger partial charge >= 0.3 is 5.97 Å². The highest BCUT2D eigenvalue weighted by atomic mass is 35.5. The molecule has 0 saturated heterocycles. The molecule has 0 atom stereocenters. The molecule has 4 aromatic rings. The molecule has 2 aromatic heterocycles. The van der Waals surface area contributed by atoms with Crippen molar-refractivity contribution in [3.63, 3.8) is 0 Å². The van der Waals surface area contributed by atoms with Crippen molar-refractivity contribution in [2.45, 2.75) is 32.9 Å². The summed E-state index contributed by atoms with van der Waals surface area (Å²) in [5, 5.41) is 11.7. The average Bonchev–Trinajstić information content (AvgIpc) is 3.32. The summed E-state index contributed by atoms with van der Waals surface area (Å²) in [5.41, 5.74) is 3.29. The van der Waals surface area contributed by atoms with Crippen LogP contribution in [0, 0.1) is 0 Å². The van der Waals surface area contributed by atoms with E-state index in [9.17, 15) is 9.90 Å². The fourth-order valence-corrected chi connectivity index (χ4v) is 4.28. The molecule has 2 aromatic carbocycles. The van der Waals surface area contributed by atoms with Gasteiger partial charge in [0.15, 0.2) is 5.82 Å². The number of rotatable bonds is 8. The lowest BCUT2D eigenvalue weighted by Crippen LogP contribution is -2.24. The molecular weight excluding hydrogens is 454 g/mol. The normalized spacial score (nSPS) is 10.6. The molecule has 5 nitrogen and oxygen atoms in total. The zero-order chi connectivity index (χ0) is 22.5. The van der Waals surface area contributed by atoms with Crippen molar-refractivity contribution in [3.05, 3.63) is 99.9 Å². The highest BCUT2D eigenvalue weighted by molar-refractivity contribution is 7.09. The number of carboxylic acid groups (broad SMARTS) is 1. The van der Waals surface area contributed by atoms with Crippen molar-refractivity contribution in [1.29, 1.82) is 0 Å². The van der Waals surface area contributed by atoms with Crippen LogP contribution in [0.1, 0.15) is 46.1 Å². The van der Waals surface area contributed by atoms with E-state index in [2.05, 4.69) is 54.1 Å². The van der Waals surface area contributed by atoms with Gasteiger partial charge in [0.2, 0.25) is 0 Å². The maximum absolute atomic E-state index is 11.7. The van der Waals surface area contributed by atoms with E-state index in [4.69, 9.17) is 4.98 Å². The fraction of sp³-hybridized carbons (Fsp3) is 0.192. The lowest BCUT2D eigenvalue weighted by molar-refractivity contribution is 0.0695. The largest absolute Gasteiger partial charge is 0.478 e. The van der Waals surface area contributed by atoms with E-state index in [-0.39, 0.29) is 12.4 Å². The zero-order valence-corrected chi connectivity index (χ0v) is 20.1. The molecule has 2 heterocycles. The molecule has 0 radical (unpaired) electrons. The van der Waals surface area contributed by atoms with Gasteiger partial charge < -0.3 is 10.0 Å². The number of thiophene rings is 1. The predicted molar refractivity (Wildman–Crippen MR) is 136 cm³/mol. The molecule has 0 saturated carbocycles. The fourth-order valence-electron chi connectivity index (χ4n) is 3.56. The van der Waals surface area contributed by atoms with E-state index in [0.29, 0.717) is 30.4 Å². The second-order valence-electron chi connectivity index (χ2n) is 7.91. The van der Waals surface area contributed by atoms with Gasteiger partial charge in [-0.1, -0.05) is 62.4 Å². The van der Waals surface area contributed by atoms with E-state index < -0.39 is 5.97 Å². The van der Waals surface area contributed by atoms with Crippen molar-refractivity contribution in [2.75, 3.05) is 4.90 Å². The van der Waals surface area contributed by atoms with Gasteiger partial charge in [-0.05, 0) is 40.6 Å². The molecule has 33 heavy (non-hydrogen) atoms. The lowest BCUT2D eigenvalue weighted by Gasteiger charge is -2.24. The summed E-state index contributed by atoms with van der Waals surface area (Å²) >= 11 is 1.67. The van der Waals surface area contributed by atoms with Crippen molar-refractivity contribution >= 4 is 35.5 Å². The topological polar surface area (TPSA) is 66.3 Å². The van der Waals surface area contributed by atoms with Crippen LogP contribution in [0.2, 0.25) is 0 Å². The van der Waals surface area contributed by atoms with Crippen LogP contribution in [-0.4, -0.2) is 21.0 Å². The smallest absolute Gasteiger partial charge is 0.336 e. The Kier molecular flexibility index (Phi) is 8.20. The Bertz CT molecular complexity index is 1190. The van der Waals surface area contributed by atoms with Gasteiger partial charge in [0.05, 0.1) is 12.1 Å². The van der Waals surface area contributed by atoms with Gasteiger partial charge in [-0.15, -0.1) is 23.7 Å². The number of aromatic nitrogens is 2. The molecule has 0 amide bonds. The van der Waals surface area contributed by atoms with Crippen LogP contribution in [-0.2, 0) is 13.1 Å². The van der Waals surface area contributed by atoms with Crippen LogP contribution >= 0.6 is 23.7 Å². The van der Waals surface area contributed by atoms with E-state index in [1.807, 2.05) is 29.6 Å². The van der Waals surface area contributed by atoms with Crippen molar-refractivity contribution in [1.82, 2.24) is 9.97 Å². The summed E-state index contributed by atoms with van der Waals surface area (Å²) in [5.74, 6) is 0.953. The highest BCUT2D eigenvalue weighted by Gasteiger charge is 2.16. The number of hydrogen-bond acceptors (Lipinski definition) is 5. The number of carboxylic acids is 1. The second kappa shape index (κ2) is 11.1. The first-order valence-electron chi connectivity index (χ1n) is 10.5. The molecule has 1 N–H and O–H groups in total. The Labute approximate surface area is 204 Å². The van der Waals surface area contributed by atoms with Crippen LogP contribution in [0.5, 0.6) is 0 Å². The van der Waals surface area contributed by atoms with E-state index in [1.54, 1.807) is 29.7 Å². The van der Waals surface area contributed by atoms with Crippen molar-refractivity contribution in [2.24, 2.45) is 0 Å². The standard InChI is InChI=1S/C26H25N3O2S.ClH/c1-18(2)19-9-11-20(12-10-19)25-27-14-13-24(28-25)29(17-22-7-5-15-32-22)16-21-6-3-4-8-23(21)26(30)31;/h3-15,18H,16-17H2,1-2H3,(H,30,31);1H. The third kappa shape index (κ3) is 5.97. The van der Waals surface area contributed by atoms with Crippen LogP contribution in [0.15, 0.2) is 78.3 Å². The van der Waals surface area contributed by atoms with E-state index >= 15 is 0 Å². The molecule has 0 bridgehead atoms. The third-order valence-corrected chi connectivity index (χ3v) is 6.20. The monoisotopic (exact) mass is 479 g/mol. The zero-order valence-electron chi connectivity index (χ0n) is 18.5. The average molecular weight is 480 g/mol. The number of hydrogen-bond donors (Lipinski definition) is 1. The number of halogens is 1. The number of carbonyl (C=O) groups is 1. The third-order valence-electron chi connectivity index (χ3n) is 5.34. The minimum atomic E-state index is -0.926. The molecule has 0 spiro atoms. The first-order chi connectivity index (χ1) is 15.5. The molecule has 0 fully saturated rings. The molecule has 0 unspecified atom stereocenters. The molecule has 0 aliphatic rings. The van der Waals surface area contributed by atoms with Gasteiger partial charge in [0, 0.05) is 23.2 Å². The predicted octanol–water partition coefficient (Wildman–Crippen LogP) is 6.66. The number of anilines is 1. The SMILES string of the molecule is CC(C)c1ccc(-c2nccc(N(Cc3cccs3)Cc3ccccc3C(=O)O)n2)cc1.Cl. The number of nitrogens with zero attached hydrogens (tertiary/aromatic N) is 3. The Balaban J connectivity index is 0.00000306. The van der Waals surface area contributed by atoms with Gasteiger partial charge in [-0.3, -0.25) is 0 Å². The molecule has 4 rings (SSSR count).